The molecule has 0 spiro atoms. The molecule has 1 aromatic heterocycles. The van der Waals surface area contributed by atoms with E-state index < -0.39 is 0 Å². The summed E-state index contributed by atoms with van der Waals surface area (Å²) < 4.78 is 10.5. The van der Waals surface area contributed by atoms with Crippen LogP contribution in [0.25, 0.3) is 0 Å². The fourth-order valence-corrected chi connectivity index (χ4v) is 2.73. The highest BCUT2D eigenvalue weighted by atomic mass is 32.1. The van der Waals surface area contributed by atoms with Gasteiger partial charge in [-0.2, -0.15) is 0 Å². The van der Waals surface area contributed by atoms with Gasteiger partial charge >= 0.3 is 5.97 Å². The van der Waals surface area contributed by atoms with Gasteiger partial charge < -0.3 is 14.8 Å². The Hall–Kier alpha value is -2.41. The van der Waals surface area contributed by atoms with Crippen LogP contribution in [-0.2, 0) is 16.1 Å². The van der Waals surface area contributed by atoms with Crippen molar-refractivity contribution in [2.24, 2.45) is 0 Å². The summed E-state index contributed by atoms with van der Waals surface area (Å²) in [6, 6.07) is 6.99. The van der Waals surface area contributed by atoms with E-state index >= 15 is 0 Å². The highest BCUT2D eigenvalue weighted by Crippen LogP contribution is 2.16. The van der Waals surface area contributed by atoms with E-state index in [9.17, 15) is 9.59 Å². The van der Waals surface area contributed by atoms with E-state index in [0.717, 1.165) is 10.7 Å². The number of amides is 1. The molecule has 1 heterocycles. The van der Waals surface area contributed by atoms with E-state index in [4.69, 9.17) is 9.47 Å². The molecule has 2 aromatic rings. The van der Waals surface area contributed by atoms with Gasteiger partial charge in [-0.05, 0) is 38.5 Å². The number of ether oxygens (including phenoxy) is 2. The van der Waals surface area contributed by atoms with Gasteiger partial charge in [-0.15, -0.1) is 11.3 Å². The standard InChI is InChI=1S/C18H22N2O4S/c1-3-23-17(21)8-5-9-19-18(22)14-6-4-7-16(10-14)24-11-15-12-25-13(2)20-15/h4,6-7,10,12H,3,5,8-9,11H2,1-2H3,(H,19,22). The second-order valence-electron chi connectivity index (χ2n) is 5.34. The van der Waals surface area contributed by atoms with Gasteiger partial charge in [0.05, 0.1) is 17.3 Å². The maximum atomic E-state index is 12.2. The average Bonchev–Trinajstić information content (AvgIpc) is 3.02. The fourth-order valence-electron chi connectivity index (χ4n) is 2.13. The van der Waals surface area contributed by atoms with Crippen molar-refractivity contribution in [3.63, 3.8) is 0 Å². The lowest BCUT2D eigenvalue weighted by molar-refractivity contribution is -0.143. The molecule has 0 aliphatic heterocycles. The Labute approximate surface area is 151 Å². The highest BCUT2D eigenvalue weighted by molar-refractivity contribution is 7.09. The van der Waals surface area contributed by atoms with Crippen LogP contribution in [0.15, 0.2) is 29.6 Å². The number of carbonyl (C=O) groups excluding carboxylic acids is 2. The molecular formula is C18H22N2O4S. The van der Waals surface area contributed by atoms with Gasteiger partial charge in [0.2, 0.25) is 0 Å². The van der Waals surface area contributed by atoms with E-state index in [0.29, 0.717) is 43.9 Å². The molecule has 0 radical (unpaired) electrons. The van der Waals surface area contributed by atoms with Crippen LogP contribution in [0.2, 0.25) is 0 Å². The minimum absolute atomic E-state index is 0.196. The lowest BCUT2D eigenvalue weighted by Crippen LogP contribution is -2.25. The number of hydrogen-bond acceptors (Lipinski definition) is 6. The lowest BCUT2D eigenvalue weighted by atomic mass is 10.2. The molecule has 0 fully saturated rings. The molecule has 0 atom stereocenters. The number of esters is 1. The second-order valence-corrected chi connectivity index (χ2v) is 6.40. The number of thiazole rings is 1. The average molecular weight is 362 g/mol. The van der Waals surface area contributed by atoms with Crippen molar-refractivity contribution in [2.45, 2.75) is 33.3 Å². The number of nitrogens with zero attached hydrogens (tertiary/aromatic N) is 1. The third-order valence-electron chi connectivity index (χ3n) is 3.30. The summed E-state index contributed by atoms with van der Waals surface area (Å²) >= 11 is 1.58. The Kier molecular flexibility index (Phi) is 7.40. The molecule has 7 heteroatoms. The first-order chi connectivity index (χ1) is 12.1. The fraction of sp³-hybridized carbons (Fsp3) is 0.389. The third-order valence-corrected chi connectivity index (χ3v) is 4.12. The topological polar surface area (TPSA) is 77.5 Å². The van der Waals surface area contributed by atoms with E-state index in [1.54, 1.807) is 42.5 Å². The van der Waals surface area contributed by atoms with E-state index in [-0.39, 0.29) is 11.9 Å². The van der Waals surface area contributed by atoms with Gasteiger partial charge in [-0.25, -0.2) is 4.98 Å². The molecule has 1 N–H and O–H groups in total. The van der Waals surface area contributed by atoms with Crippen molar-refractivity contribution in [2.75, 3.05) is 13.2 Å². The van der Waals surface area contributed by atoms with Crippen molar-refractivity contribution in [1.29, 1.82) is 0 Å². The first-order valence-electron chi connectivity index (χ1n) is 8.16. The summed E-state index contributed by atoms with van der Waals surface area (Å²) in [4.78, 5) is 27.7. The zero-order valence-corrected chi connectivity index (χ0v) is 15.2. The first-order valence-corrected chi connectivity index (χ1v) is 9.04. The normalized spacial score (nSPS) is 10.3. The van der Waals surface area contributed by atoms with Crippen LogP contribution >= 0.6 is 11.3 Å². The van der Waals surface area contributed by atoms with Crippen molar-refractivity contribution in [3.8, 4) is 5.75 Å². The summed E-state index contributed by atoms with van der Waals surface area (Å²) in [5, 5.41) is 5.74. The second kappa shape index (κ2) is 9.78. The predicted molar refractivity (Wildman–Crippen MR) is 95.8 cm³/mol. The predicted octanol–water partition coefficient (Wildman–Crippen LogP) is 3.10. The van der Waals surface area contributed by atoms with Crippen LogP contribution in [0.5, 0.6) is 5.75 Å². The van der Waals surface area contributed by atoms with Crippen LogP contribution in [0, 0.1) is 6.92 Å². The minimum Gasteiger partial charge on any atom is -0.487 e. The number of benzene rings is 1. The molecule has 25 heavy (non-hydrogen) atoms. The largest absolute Gasteiger partial charge is 0.487 e. The molecule has 1 amide bonds. The molecule has 0 saturated carbocycles. The summed E-state index contributed by atoms with van der Waals surface area (Å²) in [6.07, 6.45) is 0.842. The molecule has 1 aromatic carbocycles. The zero-order chi connectivity index (χ0) is 18.1. The number of nitrogens with one attached hydrogen (secondary N) is 1. The van der Waals surface area contributed by atoms with Crippen LogP contribution in [0.3, 0.4) is 0 Å². The van der Waals surface area contributed by atoms with Crippen LogP contribution < -0.4 is 10.1 Å². The Morgan fingerprint density at radius 2 is 2.16 bits per heavy atom. The van der Waals surface area contributed by atoms with Gasteiger partial charge in [0.1, 0.15) is 12.4 Å². The van der Waals surface area contributed by atoms with E-state index in [2.05, 4.69) is 10.3 Å². The smallest absolute Gasteiger partial charge is 0.305 e. The first kappa shape index (κ1) is 18.9. The number of rotatable bonds is 9. The minimum atomic E-state index is -0.246. The van der Waals surface area contributed by atoms with Gasteiger partial charge in [0, 0.05) is 23.9 Å². The molecule has 2 rings (SSSR count). The van der Waals surface area contributed by atoms with Crippen molar-refractivity contribution in [3.05, 3.63) is 45.9 Å². The number of hydrogen-bond donors (Lipinski definition) is 1. The molecule has 134 valence electrons. The van der Waals surface area contributed by atoms with Crippen LogP contribution in [-0.4, -0.2) is 30.0 Å². The van der Waals surface area contributed by atoms with Gasteiger partial charge in [0.15, 0.2) is 0 Å². The Morgan fingerprint density at radius 1 is 1.32 bits per heavy atom. The molecule has 0 bridgehead atoms. The van der Waals surface area contributed by atoms with E-state index in [1.165, 1.54) is 0 Å². The van der Waals surface area contributed by atoms with Gasteiger partial charge in [-0.3, -0.25) is 9.59 Å². The summed E-state index contributed by atoms with van der Waals surface area (Å²) in [7, 11) is 0. The molecule has 6 nitrogen and oxygen atoms in total. The summed E-state index contributed by atoms with van der Waals surface area (Å²) in [5.41, 5.74) is 1.39. The van der Waals surface area contributed by atoms with E-state index in [1.807, 2.05) is 12.3 Å². The zero-order valence-electron chi connectivity index (χ0n) is 14.4. The number of aryl methyl sites for hydroxylation is 1. The summed E-state index contributed by atoms with van der Waals surface area (Å²) in [6.45, 7) is 4.87. The molecule has 0 aliphatic carbocycles. The Bertz CT molecular complexity index is 715. The van der Waals surface area contributed by atoms with Crippen molar-refractivity contribution in [1.82, 2.24) is 10.3 Å². The van der Waals surface area contributed by atoms with Crippen LogP contribution in [0.4, 0.5) is 0 Å². The van der Waals surface area contributed by atoms with Crippen molar-refractivity contribution >= 4 is 23.2 Å². The van der Waals surface area contributed by atoms with Crippen LogP contribution in [0.1, 0.15) is 40.8 Å². The SMILES string of the molecule is CCOC(=O)CCCNC(=O)c1cccc(OCc2csc(C)n2)c1. The quantitative estimate of drug-likeness (QED) is 0.548. The van der Waals surface area contributed by atoms with Gasteiger partial charge in [0.25, 0.3) is 5.91 Å². The lowest BCUT2D eigenvalue weighted by Gasteiger charge is -2.08. The Morgan fingerprint density at radius 3 is 2.88 bits per heavy atom. The number of aromatic nitrogens is 1. The molecule has 0 aliphatic rings. The maximum absolute atomic E-state index is 12.2. The van der Waals surface area contributed by atoms with Gasteiger partial charge in [-0.1, -0.05) is 6.07 Å². The summed E-state index contributed by atoms with van der Waals surface area (Å²) in [5.74, 6) is 0.174. The maximum Gasteiger partial charge on any atom is 0.305 e. The Balaban J connectivity index is 1.79. The molecule has 0 unspecified atom stereocenters. The molecule has 0 saturated heterocycles. The monoisotopic (exact) mass is 362 g/mol. The highest BCUT2D eigenvalue weighted by Gasteiger charge is 2.08. The van der Waals surface area contributed by atoms with Crippen molar-refractivity contribution < 1.29 is 19.1 Å². The molecular weight excluding hydrogens is 340 g/mol. The number of carbonyl (C=O) groups is 2. The third kappa shape index (κ3) is 6.54.